The molecule has 1 saturated heterocycles. The second-order valence-corrected chi connectivity index (χ2v) is 8.18. The summed E-state index contributed by atoms with van der Waals surface area (Å²) in [6.45, 7) is 3.94. The van der Waals surface area contributed by atoms with Crippen LogP contribution in [0.1, 0.15) is 18.4 Å². The SMILES string of the molecule is O=C(NC1CCN(CCOc2ccc(Cl)cc2)CC1)C1COc2ccccc2C1. The molecule has 2 aromatic carbocycles. The average Bonchev–Trinajstić information content (AvgIpc) is 2.76. The van der Waals surface area contributed by atoms with Crippen LogP contribution in [-0.2, 0) is 11.2 Å². The summed E-state index contributed by atoms with van der Waals surface area (Å²) in [6, 6.07) is 15.7. The highest BCUT2D eigenvalue weighted by Gasteiger charge is 2.28. The number of ether oxygens (including phenoxy) is 2. The summed E-state index contributed by atoms with van der Waals surface area (Å²) in [5.41, 5.74) is 1.12. The first kappa shape index (κ1) is 20.0. The summed E-state index contributed by atoms with van der Waals surface area (Å²) in [6.07, 6.45) is 2.69. The molecule has 2 aliphatic rings. The number of benzene rings is 2. The van der Waals surface area contributed by atoms with Crippen molar-refractivity contribution in [1.82, 2.24) is 10.2 Å². The first-order valence-electron chi connectivity index (χ1n) is 10.3. The number of carbonyl (C=O) groups is 1. The molecule has 2 aliphatic heterocycles. The van der Waals surface area contributed by atoms with E-state index in [1.165, 1.54) is 0 Å². The molecule has 1 fully saturated rings. The highest BCUT2D eigenvalue weighted by Crippen LogP contribution is 2.27. The second-order valence-electron chi connectivity index (χ2n) is 7.75. The maximum atomic E-state index is 12.7. The summed E-state index contributed by atoms with van der Waals surface area (Å²) in [7, 11) is 0. The van der Waals surface area contributed by atoms with Crippen molar-refractivity contribution in [1.29, 1.82) is 0 Å². The normalized spacial score (nSPS) is 19.8. The number of nitrogens with zero attached hydrogens (tertiary/aromatic N) is 1. The van der Waals surface area contributed by atoms with Crippen molar-refractivity contribution in [2.75, 3.05) is 32.8 Å². The van der Waals surface area contributed by atoms with Gasteiger partial charge in [-0.15, -0.1) is 0 Å². The number of fused-ring (bicyclic) bond motifs is 1. The number of likely N-dealkylation sites (tertiary alicyclic amines) is 1. The fourth-order valence-corrected chi connectivity index (χ4v) is 4.07. The third-order valence-corrected chi connectivity index (χ3v) is 5.93. The van der Waals surface area contributed by atoms with Gasteiger partial charge in [-0.25, -0.2) is 0 Å². The van der Waals surface area contributed by atoms with Crippen LogP contribution in [0.15, 0.2) is 48.5 Å². The van der Waals surface area contributed by atoms with Gasteiger partial charge in [-0.1, -0.05) is 29.8 Å². The second kappa shape index (κ2) is 9.51. The van der Waals surface area contributed by atoms with E-state index in [-0.39, 0.29) is 17.9 Å². The molecule has 1 N–H and O–H groups in total. The smallest absolute Gasteiger partial charge is 0.227 e. The zero-order chi connectivity index (χ0) is 20.1. The monoisotopic (exact) mass is 414 g/mol. The fourth-order valence-electron chi connectivity index (χ4n) is 3.94. The van der Waals surface area contributed by atoms with Gasteiger partial charge in [0.2, 0.25) is 5.91 Å². The average molecular weight is 415 g/mol. The van der Waals surface area contributed by atoms with E-state index in [4.69, 9.17) is 21.1 Å². The highest BCUT2D eigenvalue weighted by molar-refractivity contribution is 6.30. The number of carbonyl (C=O) groups excluding carboxylic acids is 1. The molecule has 0 saturated carbocycles. The maximum absolute atomic E-state index is 12.7. The Bertz CT molecular complexity index is 819. The van der Waals surface area contributed by atoms with E-state index in [0.29, 0.717) is 18.2 Å². The van der Waals surface area contributed by atoms with Gasteiger partial charge in [0.25, 0.3) is 0 Å². The minimum atomic E-state index is -0.101. The number of rotatable bonds is 6. The predicted molar refractivity (Wildman–Crippen MR) is 114 cm³/mol. The molecular weight excluding hydrogens is 388 g/mol. The number of hydrogen-bond acceptors (Lipinski definition) is 4. The molecule has 2 heterocycles. The zero-order valence-corrected chi connectivity index (χ0v) is 17.2. The zero-order valence-electron chi connectivity index (χ0n) is 16.5. The van der Waals surface area contributed by atoms with E-state index in [1.807, 2.05) is 48.5 Å². The van der Waals surface area contributed by atoms with E-state index in [1.54, 1.807) is 0 Å². The van der Waals surface area contributed by atoms with Crippen molar-refractivity contribution in [3.05, 3.63) is 59.1 Å². The third kappa shape index (κ3) is 5.43. The van der Waals surface area contributed by atoms with E-state index < -0.39 is 0 Å². The lowest BCUT2D eigenvalue weighted by Gasteiger charge is -2.33. The van der Waals surface area contributed by atoms with E-state index >= 15 is 0 Å². The summed E-state index contributed by atoms with van der Waals surface area (Å²) >= 11 is 5.89. The Morgan fingerprint density at radius 3 is 2.69 bits per heavy atom. The molecule has 1 unspecified atom stereocenters. The maximum Gasteiger partial charge on any atom is 0.227 e. The van der Waals surface area contributed by atoms with Crippen LogP contribution in [0.3, 0.4) is 0 Å². The van der Waals surface area contributed by atoms with Crippen LogP contribution >= 0.6 is 11.6 Å². The first-order valence-corrected chi connectivity index (χ1v) is 10.7. The Labute approximate surface area is 176 Å². The van der Waals surface area contributed by atoms with E-state index in [0.717, 1.165) is 56.0 Å². The Kier molecular flexibility index (Phi) is 6.57. The van der Waals surface area contributed by atoms with Crippen molar-refractivity contribution in [3.63, 3.8) is 0 Å². The van der Waals surface area contributed by atoms with Gasteiger partial charge in [0.15, 0.2) is 0 Å². The van der Waals surface area contributed by atoms with Gasteiger partial charge < -0.3 is 14.8 Å². The molecule has 29 heavy (non-hydrogen) atoms. The first-order chi connectivity index (χ1) is 14.2. The van der Waals surface area contributed by atoms with Gasteiger partial charge in [-0.3, -0.25) is 9.69 Å². The lowest BCUT2D eigenvalue weighted by atomic mass is 9.95. The van der Waals surface area contributed by atoms with E-state index in [2.05, 4.69) is 10.2 Å². The van der Waals surface area contributed by atoms with Gasteiger partial charge in [-0.2, -0.15) is 0 Å². The summed E-state index contributed by atoms with van der Waals surface area (Å²) in [5.74, 6) is 1.76. The number of amides is 1. The molecule has 5 nitrogen and oxygen atoms in total. The summed E-state index contributed by atoms with van der Waals surface area (Å²) < 4.78 is 11.5. The highest BCUT2D eigenvalue weighted by atomic mass is 35.5. The van der Waals surface area contributed by atoms with Gasteiger partial charge in [0.1, 0.15) is 24.7 Å². The van der Waals surface area contributed by atoms with Gasteiger partial charge >= 0.3 is 0 Å². The van der Waals surface area contributed by atoms with Gasteiger partial charge in [0.05, 0.1) is 5.92 Å². The standard InChI is InChI=1S/C23H27ClN2O3/c24-19-5-7-21(8-6-19)28-14-13-26-11-9-20(10-12-26)25-23(27)18-15-17-3-1-2-4-22(17)29-16-18/h1-8,18,20H,9-16H2,(H,25,27). The summed E-state index contributed by atoms with van der Waals surface area (Å²) in [4.78, 5) is 15.1. The number of hydrogen-bond donors (Lipinski definition) is 1. The Morgan fingerprint density at radius 1 is 1.14 bits per heavy atom. The topological polar surface area (TPSA) is 50.8 Å². The number of piperidine rings is 1. The Hall–Kier alpha value is -2.24. The molecule has 0 bridgehead atoms. The van der Waals surface area contributed by atoms with Crippen LogP contribution in [0.25, 0.3) is 0 Å². The van der Waals surface area contributed by atoms with Crippen molar-refractivity contribution in [2.45, 2.75) is 25.3 Å². The van der Waals surface area contributed by atoms with Crippen LogP contribution in [0.2, 0.25) is 5.02 Å². The fraction of sp³-hybridized carbons (Fsp3) is 0.435. The molecule has 154 valence electrons. The third-order valence-electron chi connectivity index (χ3n) is 5.67. The molecule has 0 radical (unpaired) electrons. The molecule has 0 aliphatic carbocycles. The van der Waals surface area contributed by atoms with Crippen molar-refractivity contribution >= 4 is 17.5 Å². The molecule has 2 aromatic rings. The number of halogens is 1. The molecule has 1 atom stereocenters. The minimum Gasteiger partial charge on any atom is -0.492 e. The molecule has 0 aromatic heterocycles. The van der Waals surface area contributed by atoms with Crippen molar-refractivity contribution < 1.29 is 14.3 Å². The van der Waals surface area contributed by atoms with Crippen molar-refractivity contribution in [2.24, 2.45) is 5.92 Å². The van der Waals surface area contributed by atoms with Crippen LogP contribution in [0.4, 0.5) is 0 Å². The molecule has 1 amide bonds. The molecular formula is C23H27ClN2O3. The largest absolute Gasteiger partial charge is 0.492 e. The molecule has 0 spiro atoms. The summed E-state index contributed by atoms with van der Waals surface area (Å²) in [5, 5.41) is 3.95. The van der Waals surface area contributed by atoms with Gasteiger partial charge in [-0.05, 0) is 55.2 Å². The van der Waals surface area contributed by atoms with Crippen LogP contribution in [-0.4, -0.2) is 49.7 Å². The Balaban J connectivity index is 1.16. The van der Waals surface area contributed by atoms with Crippen LogP contribution in [0.5, 0.6) is 11.5 Å². The van der Waals surface area contributed by atoms with Crippen molar-refractivity contribution in [3.8, 4) is 11.5 Å². The van der Waals surface area contributed by atoms with Gasteiger partial charge in [0, 0.05) is 30.7 Å². The number of para-hydroxylation sites is 1. The van der Waals surface area contributed by atoms with Crippen LogP contribution in [0, 0.1) is 5.92 Å². The Morgan fingerprint density at radius 2 is 1.90 bits per heavy atom. The lowest BCUT2D eigenvalue weighted by Crippen LogP contribution is -2.48. The minimum absolute atomic E-state index is 0.101. The lowest BCUT2D eigenvalue weighted by molar-refractivity contribution is -0.127. The van der Waals surface area contributed by atoms with Crippen LogP contribution < -0.4 is 14.8 Å². The van der Waals surface area contributed by atoms with E-state index in [9.17, 15) is 4.79 Å². The molecule has 4 rings (SSSR count). The predicted octanol–water partition coefficient (Wildman–Crippen LogP) is 3.55. The quantitative estimate of drug-likeness (QED) is 0.785. The molecule has 6 heteroatoms. The number of nitrogens with one attached hydrogen (secondary N) is 1.